The van der Waals surface area contributed by atoms with E-state index < -0.39 is 0 Å². The molecule has 2 aliphatic carbocycles. The van der Waals surface area contributed by atoms with Crippen LogP contribution in [0, 0.1) is 11.8 Å². The average Bonchev–Trinajstić information content (AvgIpc) is 2.79. The molecular weight excluding hydrogens is 343 g/mol. The molecule has 28 heavy (non-hydrogen) atoms. The predicted molar refractivity (Wildman–Crippen MR) is 118 cm³/mol. The van der Waals surface area contributed by atoms with Gasteiger partial charge in [-0.1, -0.05) is 61.9 Å². The van der Waals surface area contributed by atoms with Crippen LogP contribution in [0.4, 0.5) is 4.39 Å². The summed E-state index contributed by atoms with van der Waals surface area (Å²) >= 11 is 0. The average molecular weight is 379 g/mol. The molecule has 0 aromatic heterocycles. The maximum Gasteiger partial charge on any atom is 0.0922 e. The summed E-state index contributed by atoms with van der Waals surface area (Å²) in [7, 11) is 0. The standard InChI is InChI=1S/C27H35F/c1-2-20-3-7-22(8-4-20)24-11-15-26(16-12-24)27-17-13-25(14-18-27)23-9-5-21(19-28)6-10-23/h11-18,20-23H,2-10,19H2,1H3. The highest BCUT2D eigenvalue weighted by Crippen LogP contribution is 2.38. The summed E-state index contributed by atoms with van der Waals surface area (Å²) in [6, 6.07) is 18.5. The number of rotatable bonds is 5. The molecule has 0 nitrogen and oxygen atoms in total. The van der Waals surface area contributed by atoms with Gasteiger partial charge < -0.3 is 0 Å². The lowest BCUT2D eigenvalue weighted by atomic mass is 9.77. The number of hydrogen-bond donors (Lipinski definition) is 0. The Hall–Kier alpha value is -1.63. The third-order valence-corrected chi connectivity index (χ3v) is 7.59. The number of hydrogen-bond acceptors (Lipinski definition) is 0. The van der Waals surface area contributed by atoms with Gasteiger partial charge in [-0.2, -0.15) is 0 Å². The van der Waals surface area contributed by atoms with Gasteiger partial charge in [-0.3, -0.25) is 4.39 Å². The SMILES string of the molecule is CCC1CCC(c2ccc(-c3ccc(C4CCC(CF)CC4)cc3)cc2)CC1. The zero-order valence-electron chi connectivity index (χ0n) is 17.4. The van der Waals surface area contributed by atoms with Gasteiger partial charge in [-0.05, 0) is 97.3 Å². The van der Waals surface area contributed by atoms with Crippen LogP contribution in [-0.2, 0) is 0 Å². The molecule has 0 aliphatic heterocycles. The molecule has 4 rings (SSSR count). The minimum absolute atomic E-state index is 0.137. The summed E-state index contributed by atoms with van der Waals surface area (Å²) in [5, 5.41) is 0. The molecule has 2 aliphatic rings. The summed E-state index contributed by atoms with van der Waals surface area (Å²) in [6.45, 7) is 2.20. The Kier molecular flexibility index (Phi) is 6.50. The van der Waals surface area contributed by atoms with Crippen LogP contribution in [0.25, 0.3) is 11.1 Å². The van der Waals surface area contributed by atoms with E-state index >= 15 is 0 Å². The lowest BCUT2D eigenvalue weighted by Gasteiger charge is -2.28. The highest BCUT2D eigenvalue weighted by Gasteiger charge is 2.23. The Labute approximate surface area is 170 Å². The molecule has 2 fully saturated rings. The lowest BCUT2D eigenvalue weighted by molar-refractivity contribution is 0.263. The summed E-state index contributed by atoms with van der Waals surface area (Å²) in [5.74, 6) is 2.66. The Bertz CT molecular complexity index is 648. The van der Waals surface area contributed by atoms with E-state index in [-0.39, 0.29) is 6.67 Å². The Morgan fingerprint density at radius 2 is 1.00 bits per heavy atom. The van der Waals surface area contributed by atoms with E-state index in [2.05, 4.69) is 55.5 Å². The van der Waals surface area contributed by atoms with Crippen LogP contribution in [0.3, 0.4) is 0 Å². The fraction of sp³-hybridized carbons (Fsp3) is 0.556. The van der Waals surface area contributed by atoms with E-state index in [4.69, 9.17) is 0 Å². The maximum absolute atomic E-state index is 12.8. The second-order valence-electron chi connectivity index (χ2n) is 9.24. The van der Waals surface area contributed by atoms with Gasteiger partial charge in [0.2, 0.25) is 0 Å². The molecule has 0 bridgehead atoms. The Balaban J connectivity index is 1.38. The quantitative estimate of drug-likeness (QED) is 0.491. The number of alkyl halides is 1. The summed E-state index contributed by atoms with van der Waals surface area (Å²) in [4.78, 5) is 0. The minimum atomic E-state index is -0.137. The first-order valence-corrected chi connectivity index (χ1v) is 11.5. The van der Waals surface area contributed by atoms with Crippen LogP contribution in [0.1, 0.15) is 87.7 Å². The molecule has 150 valence electrons. The third kappa shape index (κ3) is 4.50. The Morgan fingerprint density at radius 3 is 1.36 bits per heavy atom. The van der Waals surface area contributed by atoms with Gasteiger partial charge in [0, 0.05) is 0 Å². The fourth-order valence-corrected chi connectivity index (χ4v) is 5.45. The summed E-state index contributed by atoms with van der Waals surface area (Å²) < 4.78 is 12.8. The van der Waals surface area contributed by atoms with Crippen molar-refractivity contribution in [3.63, 3.8) is 0 Å². The van der Waals surface area contributed by atoms with Crippen molar-refractivity contribution in [3.05, 3.63) is 59.7 Å². The largest absolute Gasteiger partial charge is 0.251 e. The van der Waals surface area contributed by atoms with Crippen molar-refractivity contribution in [2.45, 2.75) is 76.5 Å². The second kappa shape index (κ2) is 9.25. The molecule has 0 saturated heterocycles. The highest BCUT2D eigenvalue weighted by atomic mass is 19.1. The first kappa shape index (κ1) is 19.7. The van der Waals surface area contributed by atoms with Gasteiger partial charge in [0.15, 0.2) is 0 Å². The van der Waals surface area contributed by atoms with E-state index in [1.807, 2.05) is 0 Å². The van der Waals surface area contributed by atoms with Crippen molar-refractivity contribution in [2.24, 2.45) is 11.8 Å². The second-order valence-corrected chi connectivity index (χ2v) is 9.24. The molecule has 1 heteroatoms. The molecule has 0 amide bonds. The first-order chi connectivity index (χ1) is 13.8. The first-order valence-electron chi connectivity index (χ1n) is 11.5. The van der Waals surface area contributed by atoms with Crippen molar-refractivity contribution in [2.75, 3.05) is 6.67 Å². The van der Waals surface area contributed by atoms with Crippen LogP contribution in [0.15, 0.2) is 48.5 Å². The molecule has 0 atom stereocenters. The maximum atomic E-state index is 12.8. The smallest absolute Gasteiger partial charge is 0.0922 e. The Morgan fingerprint density at radius 1 is 0.607 bits per heavy atom. The van der Waals surface area contributed by atoms with Crippen LogP contribution < -0.4 is 0 Å². The molecule has 0 heterocycles. The van der Waals surface area contributed by atoms with E-state index in [9.17, 15) is 4.39 Å². The van der Waals surface area contributed by atoms with Gasteiger partial charge in [0.25, 0.3) is 0 Å². The van der Waals surface area contributed by atoms with Crippen LogP contribution in [0.5, 0.6) is 0 Å². The van der Waals surface area contributed by atoms with Crippen LogP contribution >= 0.6 is 0 Å². The van der Waals surface area contributed by atoms with Gasteiger partial charge in [0.1, 0.15) is 0 Å². The zero-order chi connectivity index (χ0) is 19.3. The third-order valence-electron chi connectivity index (χ3n) is 7.59. The highest BCUT2D eigenvalue weighted by molar-refractivity contribution is 5.64. The normalized spacial score (nSPS) is 28.2. The van der Waals surface area contributed by atoms with Crippen molar-refractivity contribution in [1.82, 2.24) is 0 Å². The predicted octanol–water partition coefficient (Wildman–Crippen LogP) is 8.28. The van der Waals surface area contributed by atoms with E-state index in [0.717, 1.165) is 37.5 Å². The van der Waals surface area contributed by atoms with Crippen LogP contribution in [-0.4, -0.2) is 6.67 Å². The lowest BCUT2D eigenvalue weighted by Crippen LogP contribution is -2.14. The van der Waals surface area contributed by atoms with Crippen molar-refractivity contribution in [1.29, 1.82) is 0 Å². The summed E-state index contributed by atoms with van der Waals surface area (Å²) in [6.07, 6.45) is 11.2. The van der Waals surface area contributed by atoms with Gasteiger partial charge in [0.05, 0.1) is 6.67 Å². The van der Waals surface area contributed by atoms with E-state index in [1.54, 1.807) is 0 Å². The van der Waals surface area contributed by atoms with Crippen molar-refractivity contribution < 1.29 is 4.39 Å². The van der Waals surface area contributed by atoms with Crippen LogP contribution in [0.2, 0.25) is 0 Å². The minimum Gasteiger partial charge on any atom is -0.251 e. The molecule has 2 saturated carbocycles. The van der Waals surface area contributed by atoms with E-state index in [0.29, 0.717) is 11.8 Å². The molecule has 2 aromatic rings. The molecule has 0 spiro atoms. The monoisotopic (exact) mass is 378 g/mol. The fourth-order valence-electron chi connectivity index (χ4n) is 5.45. The summed E-state index contributed by atoms with van der Waals surface area (Å²) in [5.41, 5.74) is 5.59. The molecule has 0 unspecified atom stereocenters. The van der Waals surface area contributed by atoms with Gasteiger partial charge >= 0.3 is 0 Å². The molecule has 0 radical (unpaired) electrons. The van der Waals surface area contributed by atoms with Gasteiger partial charge in [-0.15, -0.1) is 0 Å². The van der Waals surface area contributed by atoms with Crippen molar-refractivity contribution in [3.8, 4) is 11.1 Å². The van der Waals surface area contributed by atoms with Crippen molar-refractivity contribution >= 4 is 0 Å². The molecule has 2 aromatic carbocycles. The topological polar surface area (TPSA) is 0 Å². The number of benzene rings is 2. The zero-order valence-corrected chi connectivity index (χ0v) is 17.4. The van der Waals surface area contributed by atoms with E-state index in [1.165, 1.54) is 54.4 Å². The van der Waals surface area contributed by atoms with Gasteiger partial charge in [-0.25, -0.2) is 0 Å². The number of halogens is 1. The molecular formula is C27H35F. The molecule has 0 N–H and O–H groups in total.